The van der Waals surface area contributed by atoms with Gasteiger partial charge in [0, 0.05) is 18.1 Å². The van der Waals surface area contributed by atoms with Crippen LogP contribution in [0, 0.1) is 5.41 Å². The molecule has 0 saturated heterocycles. The maximum absolute atomic E-state index is 12.4. The molecule has 5 nitrogen and oxygen atoms in total. The Hall–Kier alpha value is -1.50. The van der Waals surface area contributed by atoms with E-state index in [4.69, 9.17) is 0 Å². The van der Waals surface area contributed by atoms with Gasteiger partial charge in [-0.05, 0) is 29.7 Å². The fraction of sp³-hybridized carbons (Fsp3) is 0.400. The topological polar surface area (TPSA) is 79.3 Å². The van der Waals surface area contributed by atoms with Gasteiger partial charge in [0.25, 0.3) is 0 Å². The van der Waals surface area contributed by atoms with Crippen molar-refractivity contribution in [3.8, 4) is 0 Å². The summed E-state index contributed by atoms with van der Waals surface area (Å²) in [7, 11) is -3.69. The summed E-state index contributed by atoms with van der Waals surface area (Å²) >= 11 is 0. The van der Waals surface area contributed by atoms with Gasteiger partial charge in [-0.3, -0.25) is 4.98 Å². The number of hydrogen-bond donors (Lipinski definition) is 2. The molecule has 2 rings (SSSR count). The summed E-state index contributed by atoms with van der Waals surface area (Å²) in [5, 5.41) is 10.5. The number of aliphatic hydroxyl groups is 1. The van der Waals surface area contributed by atoms with E-state index in [2.05, 4.69) is 9.71 Å². The van der Waals surface area contributed by atoms with Gasteiger partial charge < -0.3 is 5.11 Å². The van der Waals surface area contributed by atoms with Crippen LogP contribution in [0.3, 0.4) is 0 Å². The van der Waals surface area contributed by atoms with Gasteiger partial charge >= 0.3 is 0 Å². The lowest BCUT2D eigenvalue weighted by Gasteiger charge is -2.25. The van der Waals surface area contributed by atoms with Gasteiger partial charge in [-0.2, -0.15) is 0 Å². The summed E-state index contributed by atoms with van der Waals surface area (Å²) in [6.45, 7) is 5.54. The van der Waals surface area contributed by atoms with Gasteiger partial charge in [-0.1, -0.05) is 26.8 Å². The molecule has 1 aromatic heterocycles. The Balaban J connectivity index is 2.31. The molecule has 0 saturated carbocycles. The monoisotopic (exact) mass is 308 g/mol. The minimum Gasteiger partial charge on any atom is -0.391 e. The SMILES string of the molecule is CC(C)(C)C(O)CNS(=O)(=O)c1cccc2ncccc12. The minimum atomic E-state index is -3.69. The molecule has 0 spiro atoms. The van der Waals surface area contributed by atoms with E-state index < -0.39 is 16.1 Å². The molecule has 2 N–H and O–H groups in total. The lowest BCUT2D eigenvalue weighted by atomic mass is 9.89. The number of benzene rings is 1. The first-order valence-electron chi connectivity index (χ1n) is 6.73. The maximum atomic E-state index is 12.4. The number of aliphatic hydroxyl groups excluding tert-OH is 1. The Morgan fingerprint density at radius 1 is 1.24 bits per heavy atom. The molecule has 0 aliphatic carbocycles. The van der Waals surface area contributed by atoms with Crippen molar-refractivity contribution < 1.29 is 13.5 Å². The minimum absolute atomic E-state index is 0.0253. The van der Waals surface area contributed by atoms with Crippen molar-refractivity contribution >= 4 is 20.9 Å². The van der Waals surface area contributed by atoms with Crippen LogP contribution in [0.15, 0.2) is 41.4 Å². The van der Waals surface area contributed by atoms with E-state index in [1.807, 2.05) is 20.8 Å². The average molecular weight is 308 g/mol. The number of aromatic nitrogens is 1. The molecular weight excluding hydrogens is 288 g/mol. The lowest BCUT2D eigenvalue weighted by Crippen LogP contribution is -2.39. The number of nitrogens with zero attached hydrogens (tertiary/aromatic N) is 1. The second-order valence-corrected chi connectivity index (χ2v) is 7.80. The predicted octanol–water partition coefficient (Wildman–Crippen LogP) is 1.92. The van der Waals surface area contributed by atoms with Gasteiger partial charge in [0.15, 0.2) is 0 Å². The first-order chi connectivity index (χ1) is 9.72. The smallest absolute Gasteiger partial charge is 0.241 e. The van der Waals surface area contributed by atoms with Gasteiger partial charge in [0.1, 0.15) is 0 Å². The normalized spacial score (nSPS) is 14.3. The molecule has 114 valence electrons. The summed E-state index contributed by atoms with van der Waals surface area (Å²) in [6.07, 6.45) is 0.857. The zero-order valence-electron chi connectivity index (χ0n) is 12.4. The zero-order chi connectivity index (χ0) is 15.7. The van der Waals surface area contributed by atoms with Crippen LogP contribution < -0.4 is 4.72 Å². The van der Waals surface area contributed by atoms with E-state index in [9.17, 15) is 13.5 Å². The van der Waals surface area contributed by atoms with Crippen LogP contribution in [0.5, 0.6) is 0 Å². The van der Waals surface area contributed by atoms with Gasteiger partial charge in [-0.15, -0.1) is 0 Å². The molecule has 6 heteroatoms. The quantitative estimate of drug-likeness (QED) is 0.904. The third-order valence-electron chi connectivity index (χ3n) is 3.36. The summed E-state index contributed by atoms with van der Waals surface area (Å²) in [5.41, 5.74) is 0.236. The number of rotatable bonds is 4. The molecule has 0 aliphatic rings. The van der Waals surface area contributed by atoms with E-state index >= 15 is 0 Å². The Morgan fingerprint density at radius 3 is 2.62 bits per heavy atom. The van der Waals surface area contributed by atoms with Gasteiger partial charge in [0.2, 0.25) is 10.0 Å². The van der Waals surface area contributed by atoms with E-state index in [1.54, 1.807) is 30.5 Å². The maximum Gasteiger partial charge on any atom is 0.241 e. The summed E-state index contributed by atoms with van der Waals surface area (Å²) in [5.74, 6) is 0. The van der Waals surface area contributed by atoms with E-state index in [0.29, 0.717) is 10.9 Å². The van der Waals surface area contributed by atoms with Crippen molar-refractivity contribution in [2.24, 2.45) is 5.41 Å². The van der Waals surface area contributed by atoms with Crippen LogP contribution in [0.4, 0.5) is 0 Å². The highest BCUT2D eigenvalue weighted by Crippen LogP contribution is 2.22. The Morgan fingerprint density at radius 2 is 1.95 bits per heavy atom. The molecule has 0 amide bonds. The lowest BCUT2D eigenvalue weighted by molar-refractivity contribution is 0.0677. The fourth-order valence-corrected chi connectivity index (χ4v) is 3.13. The highest BCUT2D eigenvalue weighted by Gasteiger charge is 2.25. The van der Waals surface area contributed by atoms with Crippen LogP contribution in [0.1, 0.15) is 20.8 Å². The second kappa shape index (κ2) is 5.71. The van der Waals surface area contributed by atoms with Gasteiger partial charge in [-0.25, -0.2) is 13.1 Å². The number of sulfonamides is 1. The predicted molar refractivity (Wildman–Crippen MR) is 82.4 cm³/mol. The van der Waals surface area contributed by atoms with E-state index in [-0.39, 0.29) is 16.9 Å². The van der Waals surface area contributed by atoms with Crippen molar-refractivity contribution in [2.45, 2.75) is 31.8 Å². The van der Waals surface area contributed by atoms with Crippen molar-refractivity contribution in [2.75, 3.05) is 6.54 Å². The second-order valence-electron chi connectivity index (χ2n) is 6.06. The highest BCUT2D eigenvalue weighted by molar-refractivity contribution is 7.89. The molecular formula is C15H20N2O3S. The molecule has 0 aliphatic heterocycles. The summed E-state index contributed by atoms with van der Waals surface area (Å²) in [4.78, 5) is 4.32. The molecule has 1 heterocycles. The Labute approximate surface area is 125 Å². The molecule has 0 radical (unpaired) electrons. The molecule has 1 aromatic carbocycles. The highest BCUT2D eigenvalue weighted by atomic mass is 32.2. The number of hydrogen-bond acceptors (Lipinski definition) is 4. The third kappa shape index (κ3) is 3.58. The van der Waals surface area contributed by atoms with Crippen LogP contribution in [0.25, 0.3) is 10.9 Å². The van der Waals surface area contributed by atoms with E-state index in [1.165, 1.54) is 6.07 Å². The standard InChI is InChI=1S/C15H20N2O3S/c1-15(2,3)14(18)10-17-21(19,20)13-8-4-7-12-11(13)6-5-9-16-12/h4-9,14,17-18H,10H2,1-3H3. The van der Waals surface area contributed by atoms with E-state index in [0.717, 1.165) is 0 Å². The average Bonchev–Trinajstić information content (AvgIpc) is 2.43. The van der Waals surface area contributed by atoms with Crippen LogP contribution >= 0.6 is 0 Å². The largest absolute Gasteiger partial charge is 0.391 e. The van der Waals surface area contributed by atoms with Gasteiger partial charge in [0.05, 0.1) is 16.5 Å². The van der Waals surface area contributed by atoms with Crippen LogP contribution in [-0.4, -0.2) is 31.2 Å². The summed E-state index contributed by atoms with van der Waals surface area (Å²) < 4.78 is 27.3. The first-order valence-corrected chi connectivity index (χ1v) is 8.21. The molecule has 0 bridgehead atoms. The van der Waals surface area contributed by atoms with Crippen LogP contribution in [-0.2, 0) is 10.0 Å². The first kappa shape index (κ1) is 15.9. The number of fused-ring (bicyclic) bond motifs is 1. The molecule has 1 unspecified atom stereocenters. The third-order valence-corrected chi connectivity index (χ3v) is 4.84. The van der Waals surface area contributed by atoms with Crippen molar-refractivity contribution in [3.05, 3.63) is 36.5 Å². The summed E-state index contributed by atoms with van der Waals surface area (Å²) in [6, 6.07) is 8.38. The number of pyridine rings is 1. The van der Waals surface area contributed by atoms with Crippen molar-refractivity contribution in [1.29, 1.82) is 0 Å². The van der Waals surface area contributed by atoms with Crippen molar-refractivity contribution in [3.63, 3.8) is 0 Å². The molecule has 21 heavy (non-hydrogen) atoms. The number of nitrogens with one attached hydrogen (secondary N) is 1. The Bertz CT molecular complexity index is 731. The zero-order valence-corrected chi connectivity index (χ0v) is 13.2. The molecule has 0 fully saturated rings. The molecule has 1 atom stereocenters. The molecule has 2 aromatic rings. The fourth-order valence-electron chi connectivity index (χ4n) is 1.88. The van der Waals surface area contributed by atoms with Crippen LogP contribution in [0.2, 0.25) is 0 Å². The van der Waals surface area contributed by atoms with Crippen molar-refractivity contribution in [1.82, 2.24) is 9.71 Å². The Kier molecular flexibility index (Phi) is 4.32.